The van der Waals surface area contributed by atoms with Crippen LogP contribution in [-0.2, 0) is 6.54 Å². The van der Waals surface area contributed by atoms with Crippen LogP contribution in [0.2, 0.25) is 0 Å². The summed E-state index contributed by atoms with van der Waals surface area (Å²) in [6.45, 7) is 2.28. The highest BCUT2D eigenvalue weighted by Crippen LogP contribution is 2.17. The number of nitrogens with one attached hydrogen (secondary N) is 1. The Labute approximate surface area is 104 Å². The lowest BCUT2D eigenvalue weighted by Crippen LogP contribution is -2.25. The van der Waals surface area contributed by atoms with E-state index in [4.69, 9.17) is 0 Å². The fraction of sp³-hybridized carbons (Fsp3) is 0.417. The second-order valence-corrected chi connectivity index (χ2v) is 4.93. The first-order valence-corrected chi connectivity index (χ1v) is 6.55. The fourth-order valence-electron chi connectivity index (χ4n) is 1.57. The molecule has 1 heterocycles. The summed E-state index contributed by atoms with van der Waals surface area (Å²) in [6.07, 6.45) is 1.04. The third-order valence-electron chi connectivity index (χ3n) is 2.64. The van der Waals surface area contributed by atoms with Crippen molar-refractivity contribution in [2.45, 2.75) is 25.9 Å². The van der Waals surface area contributed by atoms with Crippen LogP contribution in [0, 0.1) is 11.6 Å². The van der Waals surface area contributed by atoms with E-state index in [2.05, 4.69) is 17.2 Å². The van der Waals surface area contributed by atoms with Crippen molar-refractivity contribution >= 4 is 16.9 Å². The molecular formula is C12H14F2N2S. The van der Waals surface area contributed by atoms with Gasteiger partial charge in [-0.25, -0.2) is 8.78 Å². The largest absolute Gasteiger partial charge is 0.361 e. The van der Waals surface area contributed by atoms with Crippen molar-refractivity contribution < 1.29 is 8.78 Å². The molecule has 5 heteroatoms. The van der Waals surface area contributed by atoms with Crippen LogP contribution < -0.4 is 5.32 Å². The van der Waals surface area contributed by atoms with Gasteiger partial charge in [0.2, 0.25) is 0 Å². The van der Waals surface area contributed by atoms with E-state index in [-0.39, 0.29) is 6.54 Å². The minimum absolute atomic E-state index is 0.176. The Bertz CT molecular complexity index is 435. The number of benzene rings is 1. The summed E-state index contributed by atoms with van der Waals surface area (Å²) in [5, 5.41) is 4.06. The van der Waals surface area contributed by atoms with Gasteiger partial charge in [-0.3, -0.25) is 4.99 Å². The molecule has 1 saturated heterocycles. The molecule has 0 spiro atoms. The van der Waals surface area contributed by atoms with Crippen LogP contribution in [-0.4, -0.2) is 17.0 Å². The van der Waals surface area contributed by atoms with E-state index < -0.39 is 11.6 Å². The summed E-state index contributed by atoms with van der Waals surface area (Å²) in [5.41, 5.74) is 0.292. The molecule has 0 radical (unpaired) electrons. The number of aliphatic imine (C=N–C) groups is 1. The molecule has 2 rings (SSSR count). The predicted molar refractivity (Wildman–Crippen MR) is 67.2 cm³/mol. The molecule has 0 aliphatic carbocycles. The molecule has 2 nitrogen and oxygen atoms in total. The maximum absolute atomic E-state index is 13.3. The van der Waals surface area contributed by atoms with Gasteiger partial charge in [0.25, 0.3) is 0 Å². The molecule has 1 aliphatic rings. The minimum Gasteiger partial charge on any atom is -0.361 e. The van der Waals surface area contributed by atoms with Crippen molar-refractivity contribution in [3.63, 3.8) is 0 Å². The van der Waals surface area contributed by atoms with Crippen LogP contribution in [0.3, 0.4) is 0 Å². The highest BCUT2D eigenvalue weighted by Gasteiger charge is 2.17. The van der Waals surface area contributed by atoms with E-state index >= 15 is 0 Å². The normalized spacial score (nSPS) is 21.8. The van der Waals surface area contributed by atoms with Gasteiger partial charge in [0.15, 0.2) is 5.17 Å². The van der Waals surface area contributed by atoms with Crippen molar-refractivity contribution in [2.24, 2.45) is 4.99 Å². The van der Waals surface area contributed by atoms with Gasteiger partial charge in [-0.05, 0) is 24.6 Å². The van der Waals surface area contributed by atoms with Crippen LogP contribution in [0.5, 0.6) is 0 Å². The van der Waals surface area contributed by atoms with E-state index in [1.54, 1.807) is 11.8 Å². The Balaban J connectivity index is 2.02. The smallest absolute Gasteiger partial charge is 0.157 e. The molecular weight excluding hydrogens is 242 g/mol. The summed E-state index contributed by atoms with van der Waals surface area (Å²) in [4.78, 5) is 4.26. The van der Waals surface area contributed by atoms with Crippen molar-refractivity contribution in [2.75, 3.05) is 5.75 Å². The summed E-state index contributed by atoms with van der Waals surface area (Å²) < 4.78 is 26.3. The van der Waals surface area contributed by atoms with Crippen molar-refractivity contribution in [1.82, 2.24) is 5.32 Å². The van der Waals surface area contributed by atoms with Gasteiger partial charge >= 0.3 is 0 Å². The minimum atomic E-state index is -0.430. The maximum atomic E-state index is 13.3. The van der Waals surface area contributed by atoms with Crippen molar-refractivity contribution in [3.8, 4) is 0 Å². The van der Waals surface area contributed by atoms with Gasteiger partial charge in [0.05, 0.1) is 6.54 Å². The lowest BCUT2D eigenvalue weighted by Gasteiger charge is -2.05. The first kappa shape index (κ1) is 12.4. The van der Waals surface area contributed by atoms with Crippen molar-refractivity contribution in [3.05, 3.63) is 35.4 Å². The molecule has 0 bridgehead atoms. The van der Waals surface area contributed by atoms with Crippen LogP contribution >= 0.6 is 11.8 Å². The molecule has 17 heavy (non-hydrogen) atoms. The summed E-state index contributed by atoms with van der Waals surface area (Å²) in [7, 11) is 0. The maximum Gasteiger partial charge on any atom is 0.157 e. The van der Waals surface area contributed by atoms with E-state index in [1.807, 2.05) is 0 Å². The highest BCUT2D eigenvalue weighted by atomic mass is 32.2. The summed E-state index contributed by atoms with van der Waals surface area (Å²) in [5.74, 6) is 0.145. The number of hydrogen-bond acceptors (Lipinski definition) is 2. The molecule has 0 saturated carbocycles. The molecule has 1 unspecified atom stereocenters. The Morgan fingerprint density at radius 2 is 2.29 bits per heavy atom. The Hall–Kier alpha value is -1.10. The molecule has 1 fully saturated rings. The molecule has 1 N–H and O–H groups in total. The number of halogens is 2. The average molecular weight is 256 g/mol. The summed E-state index contributed by atoms with van der Waals surface area (Å²) >= 11 is 1.63. The van der Waals surface area contributed by atoms with Gasteiger partial charge in [-0.1, -0.05) is 18.7 Å². The van der Waals surface area contributed by atoms with E-state index in [0.29, 0.717) is 11.6 Å². The molecule has 92 valence electrons. The second kappa shape index (κ2) is 5.49. The van der Waals surface area contributed by atoms with Crippen LogP contribution in [0.25, 0.3) is 0 Å². The van der Waals surface area contributed by atoms with E-state index in [9.17, 15) is 8.78 Å². The van der Waals surface area contributed by atoms with E-state index in [1.165, 1.54) is 6.07 Å². The lowest BCUT2D eigenvalue weighted by atomic mass is 10.2. The zero-order valence-electron chi connectivity index (χ0n) is 9.54. The number of nitrogens with zero attached hydrogens (tertiary/aromatic N) is 1. The number of hydrogen-bond donors (Lipinski definition) is 1. The van der Waals surface area contributed by atoms with Crippen LogP contribution in [0.4, 0.5) is 8.78 Å². The van der Waals surface area contributed by atoms with E-state index in [0.717, 1.165) is 29.5 Å². The van der Waals surface area contributed by atoms with Crippen molar-refractivity contribution in [1.29, 1.82) is 0 Å². The van der Waals surface area contributed by atoms with Gasteiger partial charge < -0.3 is 5.32 Å². The molecule has 1 aromatic rings. The zero-order valence-corrected chi connectivity index (χ0v) is 10.4. The topological polar surface area (TPSA) is 24.4 Å². The van der Waals surface area contributed by atoms with Crippen LogP contribution in [0.15, 0.2) is 23.2 Å². The second-order valence-electron chi connectivity index (χ2n) is 3.92. The standard InChI is InChI=1S/C12H14F2N2S/c1-2-10-7-17-12(16-10)15-6-8-5-9(13)3-4-11(8)14/h3-5,10H,2,6-7H2,1H3,(H,15,16). The number of rotatable bonds is 3. The van der Waals surface area contributed by atoms with Gasteiger partial charge in [-0.15, -0.1) is 0 Å². The predicted octanol–water partition coefficient (Wildman–Crippen LogP) is 2.94. The van der Waals surface area contributed by atoms with Gasteiger partial charge in [-0.2, -0.15) is 0 Å². The first-order chi connectivity index (χ1) is 8.19. The molecule has 0 aromatic heterocycles. The quantitative estimate of drug-likeness (QED) is 0.899. The third kappa shape index (κ3) is 3.19. The molecule has 1 aliphatic heterocycles. The van der Waals surface area contributed by atoms with Crippen LogP contribution in [0.1, 0.15) is 18.9 Å². The Morgan fingerprint density at radius 1 is 1.47 bits per heavy atom. The average Bonchev–Trinajstić information content (AvgIpc) is 2.78. The Kier molecular flexibility index (Phi) is 3.99. The monoisotopic (exact) mass is 256 g/mol. The third-order valence-corrected chi connectivity index (χ3v) is 3.73. The number of thioether (sulfide) groups is 1. The number of amidine groups is 1. The lowest BCUT2D eigenvalue weighted by molar-refractivity contribution is 0.585. The highest BCUT2D eigenvalue weighted by molar-refractivity contribution is 8.14. The Morgan fingerprint density at radius 3 is 3.00 bits per heavy atom. The summed E-state index contributed by atoms with van der Waals surface area (Å²) in [6, 6.07) is 3.88. The SMILES string of the molecule is CCC1CSC(=NCc2cc(F)ccc2F)N1. The molecule has 0 amide bonds. The van der Waals surface area contributed by atoms with Gasteiger partial charge in [0.1, 0.15) is 11.6 Å². The molecule has 1 aromatic carbocycles. The first-order valence-electron chi connectivity index (χ1n) is 5.56. The fourth-order valence-corrected chi connectivity index (χ4v) is 2.65. The molecule has 1 atom stereocenters. The van der Waals surface area contributed by atoms with Gasteiger partial charge in [0, 0.05) is 17.4 Å². The zero-order chi connectivity index (χ0) is 12.3.